The van der Waals surface area contributed by atoms with Crippen LogP contribution < -0.4 is 15.6 Å². The molecule has 1 N–H and O–H groups in total. The van der Waals surface area contributed by atoms with Gasteiger partial charge in [-0.2, -0.15) is 0 Å². The molecule has 3 aromatic carbocycles. The van der Waals surface area contributed by atoms with Crippen LogP contribution in [-0.2, 0) is 29.8 Å². The number of nitrogens with zero attached hydrogens (tertiary/aromatic N) is 2. The predicted molar refractivity (Wildman–Crippen MR) is 152 cm³/mol. The van der Waals surface area contributed by atoms with Gasteiger partial charge in [0.1, 0.15) is 17.0 Å². The molecule has 1 heterocycles. The first-order chi connectivity index (χ1) is 18.3. The molecule has 0 radical (unpaired) electrons. The summed E-state index contributed by atoms with van der Waals surface area (Å²) in [5.74, 6) is 0.596. The Bertz CT molecular complexity index is 1450. The van der Waals surface area contributed by atoms with Gasteiger partial charge in [0.15, 0.2) is 5.82 Å². The second-order valence-corrected chi connectivity index (χ2v) is 10.2. The highest BCUT2D eigenvalue weighted by Crippen LogP contribution is 2.32. The quantitative estimate of drug-likeness (QED) is 0.235. The third-order valence-corrected chi connectivity index (χ3v) is 6.57. The molecule has 7 nitrogen and oxygen atoms in total. The molecule has 0 saturated heterocycles. The Hall–Kier alpha value is -3.91. The molecule has 4 aromatic rings. The number of aromatic nitrogens is 2. The van der Waals surface area contributed by atoms with Crippen LogP contribution in [0.2, 0.25) is 0 Å². The Morgan fingerprint density at radius 3 is 2.37 bits per heavy atom. The van der Waals surface area contributed by atoms with Gasteiger partial charge in [0.05, 0.1) is 18.2 Å². The zero-order chi connectivity index (χ0) is 27.1. The molecule has 0 amide bonds. The first-order valence-electron chi connectivity index (χ1n) is 12.3. The highest BCUT2D eigenvalue weighted by atomic mass is 79.9. The zero-order valence-electron chi connectivity index (χ0n) is 21.6. The number of halogens is 1. The maximum absolute atomic E-state index is 13.4. The minimum absolute atomic E-state index is 0.227. The Morgan fingerprint density at radius 1 is 0.974 bits per heavy atom. The average Bonchev–Trinajstić information content (AvgIpc) is 2.93. The van der Waals surface area contributed by atoms with Crippen LogP contribution in [0.4, 0.5) is 5.82 Å². The SMILES string of the molecule is COC(=O)c1ccc(CCn2cc(Br)nc(NC(C)(C)c3ccccc3OCc3ccccc3)c2=O)cc1. The first-order valence-corrected chi connectivity index (χ1v) is 13.0. The van der Waals surface area contributed by atoms with Gasteiger partial charge < -0.3 is 19.4 Å². The van der Waals surface area contributed by atoms with Crippen molar-refractivity contribution < 1.29 is 14.3 Å². The van der Waals surface area contributed by atoms with Crippen molar-refractivity contribution >= 4 is 27.7 Å². The van der Waals surface area contributed by atoms with E-state index >= 15 is 0 Å². The van der Waals surface area contributed by atoms with Crippen LogP contribution in [0.25, 0.3) is 0 Å². The molecule has 38 heavy (non-hydrogen) atoms. The van der Waals surface area contributed by atoms with Gasteiger partial charge >= 0.3 is 5.97 Å². The Morgan fingerprint density at radius 2 is 1.66 bits per heavy atom. The van der Waals surface area contributed by atoms with Gasteiger partial charge in [0, 0.05) is 18.3 Å². The number of ether oxygens (including phenoxy) is 2. The van der Waals surface area contributed by atoms with E-state index in [2.05, 4.69) is 26.2 Å². The van der Waals surface area contributed by atoms with Crippen LogP contribution in [0, 0.1) is 0 Å². The van der Waals surface area contributed by atoms with Crippen LogP contribution in [-0.4, -0.2) is 22.6 Å². The number of benzene rings is 3. The summed E-state index contributed by atoms with van der Waals surface area (Å²) in [6.45, 7) is 4.87. The number of hydrogen-bond acceptors (Lipinski definition) is 6. The predicted octanol–water partition coefficient (Wildman–Crippen LogP) is 5.96. The molecule has 0 unspecified atom stereocenters. The molecule has 0 saturated carbocycles. The third-order valence-electron chi connectivity index (χ3n) is 6.19. The van der Waals surface area contributed by atoms with Gasteiger partial charge in [-0.15, -0.1) is 0 Å². The number of anilines is 1. The first kappa shape index (κ1) is 27.1. The summed E-state index contributed by atoms with van der Waals surface area (Å²) in [7, 11) is 1.35. The number of carbonyl (C=O) groups excluding carboxylic acids is 1. The number of para-hydroxylation sites is 1. The van der Waals surface area contributed by atoms with Crippen LogP contribution >= 0.6 is 15.9 Å². The fourth-order valence-electron chi connectivity index (χ4n) is 4.14. The molecule has 1 aromatic heterocycles. The number of esters is 1. The number of nitrogens with one attached hydrogen (secondary N) is 1. The molecule has 0 spiro atoms. The summed E-state index contributed by atoms with van der Waals surface area (Å²) in [6.07, 6.45) is 2.29. The summed E-state index contributed by atoms with van der Waals surface area (Å²) in [5, 5.41) is 3.34. The lowest BCUT2D eigenvalue weighted by molar-refractivity contribution is 0.0600. The molecular formula is C30H30BrN3O4. The minimum Gasteiger partial charge on any atom is -0.489 e. The molecule has 196 valence electrons. The summed E-state index contributed by atoms with van der Waals surface area (Å²) >= 11 is 3.45. The molecule has 0 aliphatic rings. The number of carbonyl (C=O) groups is 1. The number of methoxy groups -OCH3 is 1. The van der Waals surface area contributed by atoms with Gasteiger partial charge in [-0.25, -0.2) is 9.78 Å². The second kappa shape index (κ2) is 12.1. The summed E-state index contributed by atoms with van der Waals surface area (Å²) < 4.78 is 13.1. The lowest BCUT2D eigenvalue weighted by Gasteiger charge is -2.29. The van der Waals surface area contributed by atoms with Crippen molar-refractivity contribution in [3.63, 3.8) is 0 Å². The Balaban J connectivity index is 1.51. The van der Waals surface area contributed by atoms with Gasteiger partial charge in [0.2, 0.25) is 0 Å². The van der Waals surface area contributed by atoms with Gasteiger partial charge in [-0.1, -0.05) is 60.7 Å². The van der Waals surface area contributed by atoms with Crippen LogP contribution in [0.5, 0.6) is 5.75 Å². The molecule has 0 atom stereocenters. The molecule has 8 heteroatoms. The summed E-state index contributed by atoms with van der Waals surface area (Å²) in [5.41, 5.74) is 2.59. The normalized spacial score (nSPS) is 11.2. The minimum atomic E-state index is -0.651. The second-order valence-electron chi connectivity index (χ2n) is 9.37. The molecule has 0 fully saturated rings. The summed E-state index contributed by atoms with van der Waals surface area (Å²) in [6, 6.07) is 25.0. The van der Waals surface area contributed by atoms with Crippen LogP contribution in [0.15, 0.2) is 94.5 Å². The standard InChI is InChI=1S/C30H30BrN3O4/c1-30(2,24-11-7-8-12-25(24)38-20-22-9-5-4-6-10-22)33-27-28(35)34(19-26(31)32-27)18-17-21-13-15-23(16-14-21)29(36)37-3/h4-16,19H,17-18,20H2,1-3H3,(H,32,33). The van der Waals surface area contributed by atoms with Gasteiger partial charge in [0.25, 0.3) is 5.56 Å². The van der Waals surface area contributed by atoms with E-state index in [1.165, 1.54) is 7.11 Å². The van der Waals surface area contributed by atoms with E-state index in [0.29, 0.717) is 29.7 Å². The molecule has 4 rings (SSSR count). The molecule has 0 aliphatic heterocycles. The van der Waals surface area contributed by atoms with E-state index in [4.69, 9.17) is 9.47 Å². The van der Waals surface area contributed by atoms with Crippen LogP contribution in [0.3, 0.4) is 0 Å². The van der Waals surface area contributed by atoms with E-state index in [1.807, 2.05) is 80.6 Å². The largest absolute Gasteiger partial charge is 0.489 e. The highest BCUT2D eigenvalue weighted by molar-refractivity contribution is 9.10. The van der Waals surface area contributed by atoms with Crippen molar-refractivity contribution in [1.82, 2.24) is 9.55 Å². The van der Waals surface area contributed by atoms with Crippen LogP contribution in [0.1, 0.15) is 40.9 Å². The molecule has 0 bridgehead atoms. The van der Waals surface area contributed by atoms with E-state index in [9.17, 15) is 9.59 Å². The van der Waals surface area contributed by atoms with Crippen molar-refractivity contribution in [1.29, 1.82) is 0 Å². The molecular weight excluding hydrogens is 546 g/mol. The number of rotatable bonds is 10. The van der Waals surface area contributed by atoms with Crippen molar-refractivity contribution in [3.8, 4) is 5.75 Å². The van der Waals surface area contributed by atoms with Gasteiger partial charge in [-0.05, 0) is 65.5 Å². The van der Waals surface area contributed by atoms with Crippen molar-refractivity contribution in [3.05, 3.63) is 122 Å². The summed E-state index contributed by atoms with van der Waals surface area (Å²) in [4.78, 5) is 29.5. The van der Waals surface area contributed by atoms with Crippen molar-refractivity contribution in [2.45, 2.75) is 39.0 Å². The third kappa shape index (κ3) is 6.69. The Labute approximate surface area is 230 Å². The monoisotopic (exact) mass is 575 g/mol. The smallest absolute Gasteiger partial charge is 0.337 e. The fourth-order valence-corrected chi connectivity index (χ4v) is 4.56. The van der Waals surface area contributed by atoms with E-state index < -0.39 is 5.54 Å². The van der Waals surface area contributed by atoms with E-state index in [-0.39, 0.29) is 17.3 Å². The molecule has 0 aliphatic carbocycles. The lowest BCUT2D eigenvalue weighted by Crippen LogP contribution is -2.34. The Kier molecular flexibility index (Phi) is 8.63. The lowest BCUT2D eigenvalue weighted by atomic mass is 9.93. The fraction of sp³-hybridized carbons (Fsp3) is 0.233. The van der Waals surface area contributed by atoms with Crippen molar-refractivity contribution in [2.75, 3.05) is 12.4 Å². The van der Waals surface area contributed by atoms with E-state index in [0.717, 1.165) is 22.4 Å². The topological polar surface area (TPSA) is 82.5 Å². The number of aryl methyl sites for hydroxylation is 2. The average molecular weight is 576 g/mol. The van der Waals surface area contributed by atoms with Crippen molar-refractivity contribution in [2.24, 2.45) is 0 Å². The van der Waals surface area contributed by atoms with Gasteiger partial charge in [-0.3, -0.25) is 4.79 Å². The number of hydrogen-bond donors (Lipinski definition) is 1. The zero-order valence-corrected chi connectivity index (χ0v) is 23.2. The highest BCUT2D eigenvalue weighted by Gasteiger charge is 2.26. The van der Waals surface area contributed by atoms with E-state index in [1.54, 1.807) is 22.9 Å². The maximum Gasteiger partial charge on any atom is 0.337 e. The maximum atomic E-state index is 13.4.